The zero-order valence-corrected chi connectivity index (χ0v) is 10.2. The Morgan fingerprint density at radius 2 is 2.00 bits per heavy atom. The first kappa shape index (κ1) is 13.3. The second kappa shape index (κ2) is 6.71. The van der Waals surface area contributed by atoms with E-state index in [1.165, 1.54) is 0 Å². The fraction of sp³-hybridized carbons (Fsp3) is 0.250. The van der Waals surface area contributed by atoms with Gasteiger partial charge in [0.2, 0.25) is 0 Å². The van der Waals surface area contributed by atoms with Crippen LogP contribution in [0.15, 0.2) is 18.2 Å². The largest absolute Gasteiger partial charge is 0.399 e. The minimum Gasteiger partial charge on any atom is -0.399 e. The molecule has 0 aliphatic heterocycles. The number of rotatable bonds is 5. The van der Waals surface area contributed by atoms with Gasteiger partial charge in [-0.3, -0.25) is 4.79 Å². The maximum Gasteiger partial charge on any atom is 0.251 e. The molecule has 0 saturated heterocycles. The Bertz CT molecular complexity index is 420. The van der Waals surface area contributed by atoms with Crippen LogP contribution in [0.1, 0.15) is 10.4 Å². The van der Waals surface area contributed by atoms with Crippen molar-refractivity contribution in [2.75, 3.05) is 29.5 Å². The van der Waals surface area contributed by atoms with Crippen molar-refractivity contribution >= 4 is 29.0 Å². The first-order valence-corrected chi connectivity index (χ1v) is 6.24. The van der Waals surface area contributed by atoms with Crippen molar-refractivity contribution in [1.29, 1.82) is 0 Å². The average molecular weight is 249 g/mol. The summed E-state index contributed by atoms with van der Waals surface area (Å²) in [6, 6.07) is 4.81. The molecule has 0 radical (unpaired) electrons. The van der Waals surface area contributed by atoms with Crippen LogP contribution in [0.4, 0.5) is 11.4 Å². The van der Waals surface area contributed by atoms with Crippen LogP contribution in [-0.2, 0) is 0 Å². The van der Waals surface area contributed by atoms with E-state index >= 15 is 0 Å². The number of anilines is 2. The molecular weight excluding hydrogens is 234 g/mol. The molecule has 0 bridgehead atoms. The summed E-state index contributed by atoms with van der Waals surface area (Å²) >= 11 is 1.60. The molecule has 5 heteroatoms. The van der Waals surface area contributed by atoms with Crippen LogP contribution in [0.2, 0.25) is 0 Å². The van der Waals surface area contributed by atoms with Crippen LogP contribution in [0.3, 0.4) is 0 Å². The molecule has 4 nitrogen and oxygen atoms in total. The van der Waals surface area contributed by atoms with E-state index in [0.717, 1.165) is 5.75 Å². The van der Waals surface area contributed by atoms with Gasteiger partial charge in [0.1, 0.15) is 0 Å². The molecule has 1 amide bonds. The molecule has 17 heavy (non-hydrogen) atoms. The molecule has 0 aromatic heterocycles. The molecule has 1 aromatic carbocycles. The number of thioether (sulfide) groups is 1. The van der Waals surface area contributed by atoms with Crippen LogP contribution < -0.4 is 16.8 Å². The molecule has 1 aromatic rings. The van der Waals surface area contributed by atoms with Crippen molar-refractivity contribution in [3.8, 4) is 12.3 Å². The van der Waals surface area contributed by atoms with Gasteiger partial charge in [0.15, 0.2) is 0 Å². The summed E-state index contributed by atoms with van der Waals surface area (Å²) in [5.74, 6) is 3.78. The van der Waals surface area contributed by atoms with Gasteiger partial charge in [0.05, 0.1) is 5.75 Å². The lowest BCUT2D eigenvalue weighted by Crippen LogP contribution is -2.26. The number of nitrogen functional groups attached to an aromatic ring is 2. The van der Waals surface area contributed by atoms with E-state index in [2.05, 4.69) is 11.2 Å². The zero-order valence-electron chi connectivity index (χ0n) is 9.40. The van der Waals surface area contributed by atoms with E-state index in [1.54, 1.807) is 30.0 Å². The normalized spacial score (nSPS) is 9.59. The minimum absolute atomic E-state index is 0.176. The molecule has 0 aliphatic carbocycles. The maximum absolute atomic E-state index is 11.7. The van der Waals surface area contributed by atoms with Crippen LogP contribution in [0.5, 0.6) is 0 Å². The maximum atomic E-state index is 11.7. The monoisotopic (exact) mass is 249 g/mol. The molecule has 0 atom stereocenters. The number of amides is 1. The molecule has 0 fully saturated rings. The van der Waals surface area contributed by atoms with E-state index in [9.17, 15) is 4.79 Å². The van der Waals surface area contributed by atoms with Gasteiger partial charge in [0, 0.05) is 29.2 Å². The van der Waals surface area contributed by atoms with Crippen LogP contribution in [0.25, 0.3) is 0 Å². The Morgan fingerprint density at radius 3 is 2.59 bits per heavy atom. The molecule has 0 saturated carbocycles. The molecule has 0 unspecified atom stereocenters. The highest BCUT2D eigenvalue weighted by Gasteiger charge is 2.06. The number of hydrogen-bond acceptors (Lipinski definition) is 4. The summed E-state index contributed by atoms with van der Waals surface area (Å²) in [6.45, 7) is 0.569. The third-order valence-electron chi connectivity index (χ3n) is 1.96. The van der Waals surface area contributed by atoms with Gasteiger partial charge in [-0.05, 0) is 18.2 Å². The molecular formula is C12H15N3OS. The first-order chi connectivity index (χ1) is 8.13. The van der Waals surface area contributed by atoms with Gasteiger partial charge in [-0.25, -0.2) is 0 Å². The lowest BCUT2D eigenvalue weighted by Gasteiger charge is -2.06. The summed E-state index contributed by atoms with van der Waals surface area (Å²) in [7, 11) is 0. The third-order valence-corrected chi connectivity index (χ3v) is 2.82. The fourth-order valence-electron chi connectivity index (χ4n) is 1.28. The Kier molecular flexibility index (Phi) is 5.24. The van der Waals surface area contributed by atoms with Gasteiger partial charge < -0.3 is 16.8 Å². The molecule has 5 N–H and O–H groups in total. The highest BCUT2D eigenvalue weighted by atomic mass is 32.2. The quantitative estimate of drug-likeness (QED) is 0.412. The van der Waals surface area contributed by atoms with Gasteiger partial charge >= 0.3 is 0 Å². The number of nitrogens with two attached hydrogens (primary N) is 2. The van der Waals surface area contributed by atoms with Crippen LogP contribution in [-0.4, -0.2) is 24.0 Å². The number of carbonyl (C=O) groups excluding carboxylic acids is 1. The number of hydrogen-bond donors (Lipinski definition) is 3. The second-order valence-electron chi connectivity index (χ2n) is 3.40. The summed E-state index contributed by atoms with van der Waals surface area (Å²) < 4.78 is 0. The Morgan fingerprint density at radius 1 is 1.35 bits per heavy atom. The van der Waals surface area contributed by atoms with E-state index < -0.39 is 0 Å². The topological polar surface area (TPSA) is 81.1 Å². The number of terminal acetylenes is 1. The van der Waals surface area contributed by atoms with Gasteiger partial charge in [-0.15, -0.1) is 18.2 Å². The molecule has 0 aliphatic rings. The summed E-state index contributed by atoms with van der Waals surface area (Å²) in [4.78, 5) is 11.7. The van der Waals surface area contributed by atoms with Crippen molar-refractivity contribution in [2.45, 2.75) is 0 Å². The number of nitrogens with one attached hydrogen (secondary N) is 1. The van der Waals surface area contributed by atoms with Gasteiger partial charge in [-0.2, -0.15) is 0 Å². The lowest BCUT2D eigenvalue weighted by atomic mass is 10.1. The molecule has 1 rings (SSSR count). The van der Waals surface area contributed by atoms with Crippen molar-refractivity contribution in [3.05, 3.63) is 23.8 Å². The van der Waals surface area contributed by atoms with Crippen molar-refractivity contribution in [3.63, 3.8) is 0 Å². The molecule has 0 spiro atoms. The smallest absolute Gasteiger partial charge is 0.251 e. The standard InChI is InChI=1S/C12H15N3OS/c1-2-4-17-5-3-15-12(16)9-6-10(13)8-11(14)7-9/h1,6-8H,3-5,13-14H2,(H,15,16). The second-order valence-corrected chi connectivity index (χ2v) is 4.51. The summed E-state index contributed by atoms with van der Waals surface area (Å²) in [5, 5.41) is 2.77. The van der Waals surface area contributed by atoms with Crippen molar-refractivity contribution in [2.24, 2.45) is 0 Å². The Hall–Kier alpha value is -1.80. The number of carbonyl (C=O) groups is 1. The van der Waals surface area contributed by atoms with Gasteiger partial charge in [-0.1, -0.05) is 5.92 Å². The Labute approximate surface area is 105 Å². The van der Waals surface area contributed by atoms with E-state index in [0.29, 0.717) is 29.2 Å². The Balaban J connectivity index is 2.44. The van der Waals surface area contributed by atoms with Crippen molar-refractivity contribution < 1.29 is 4.79 Å². The van der Waals surface area contributed by atoms with Crippen molar-refractivity contribution in [1.82, 2.24) is 5.32 Å². The summed E-state index contributed by atoms with van der Waals surface area (Å²) in [5.41, 5.74) is 12.7. The SMILES string of the molecule is C#CCSCCNC(=O)c1cc(N)cc(N)c1. The highest BCUT2D eigenvalue weighted by molar-refractivity contribution is 7.99. The number of benzene rings is 1. The summed E-state index contributed by atoms with van der Waals surface area (Å²) in [6.07, 6.45) is 5.11. The first-order valence-electron chi connectivity index (χ1n) is 5.09. The lowest BCUT2D eigenvalue weighted by molar-refractivity contribution is 0.0956. The molecule has 0 heterocycles. The third kappa shape index (κ3) is 4.70. The molecule has 90 valence electrons. The van der Waals surface area contributed by atoms with E-state index in [1.807, 2.05) is 0 Å². The van der Waals surface area contributed by atoms with E-state index in [-0.39, 0.29) is 5.91 Å². The predicted molar refractivity (Wildman–Crippen MR) is 73.8 cm³/mol. The van der Waals surface area contributed by atoms with Crippen LogP contribution >= 0.6 is 11.8 Å². The van der Waals surface area contributed by atoms with Gasteiger partial charge in [0.25, 0.3) is 5.91 Å². The highest BCUT2D eigenvalue weighted by Crippen LogP contribution is 2.13. The van der Waals surface area contributed by atoms with Crippen LogP contribution in [0, 0.1) is 12.3 Å². The van der Waals surface area contributed by atoms with E-state index in [4.69, 9.17) is 17.9 Å². The zero-order chi connectivity index (χ0) is 12.7. The predicted octanol–water partition coefficient (Wildman–Crippen LogP) is 0.947. The fourth-order valence-corrected chi connectivity index (χ4v) is 1.79. The average Bonchev–Trinajstić information content (AvgIpc) is 2.27. The minimum atomic E-state index is -0.176.